The molecule has 1 saturated heterocycles. The predicted molar refractivity (Wildman–Crippen MR) is 82.8 cm³/mol. The highest BCUT2D eigenvalue weighted by molar-refractivity contribution is 7.89. The number of hydrogen-bond donors (Lipinski definition) is 1. The minimum absolute atomic E-state index is 0.0411. The maximum absolute atomic E-state index is 13.0. The minimum atomic E-state index is -3.71. The van der Waals surface area contributed by atoms with Crippen LogP contribution < -0.4 is 5.32 Å². The van der Waals surface area contributed by atoms with E-state index in [1.807, 2.05) is 0 Å². The Labute approximate surface area is 135 Å². The Balaban J connectivity index is 2.05. The summed E-state index contributed by atoms with van der Waals surface area (Å²) < 4.78 is 44.3. The van der Waals surface area contributed by atoms with Crippen molar-refractivity contribution in [3.8, 4) is 0 Å². The number of benzene rings is 1. The molecule has 1 aromatic rings. The molecule has 1 aliphatic heterocycles. The number of rotatable bonds is 6. The number of nitrogens with zero attached hydrogens (tertiary/aromatic N) is 1. The highest BCUT2D eigenvalue weighted by Gasteiger charge is 2.33. The number of carbonyl (C=O) groups excluding carboxylic acids is 1. The first-order valence-electron chi connectivity index (χ1n) is 7.47. The van der Waals surface area contributed by atoms with E-state index < -0.39 is 15.8 Å². The molecule has 0 bridgehead atoms. The van der Waals surface area contributed by atoms with Gasteiger partial charge in [-0.3, -0.25) is 4.79 Å². The third kappa shape index (κ3) is 4.49. The normalized spacial score (nSPS) is 19.5. The molecule has 0 spiro atoms. The number of piperidine rings is 1. The molecule has 1 aromatic carbocycles. The summed E-state index contributed by atoms with van der Waals surface area (Å²) in [4.78, 5) is 12.1. The lowest BCUT2D eigenvalue weighted by Crippen LogP contribution is -2.45. The molecule has 6 nitrogen and oxygen atoms in total. The van der Waals surface area contributed by atoms with Gasteiger partial charge in [-0.05, 0) is 37.1 Å². The maximum Gasteiger partial charge on any atom is 0.243 e. The fraction of sp³-hybridized carbons (Fsp3) is 0.533. The van der Waals surface area contributed by atoms with Crippen molar-refractivity contribution in [1.29, 1.82) is 0 Å². The second kappa shape index (κ2) is 7.85. The topological polar surface area (TPSA) is 75.7 Å². The van der Waals surface area contributed by atoms with Crippen molar-refractivity contribution >= 4 is 15.9 Å². The zero-order chi connectivity index (χ0) is 16.9. The number of methoxy groups -OCH3 is 1. The zero-order valence-electron chi connectivity index (χ0n) is 13.0. The van der Waals surface area contributed by atoms with E-state index >= 15 is 0 Å². The Bertz CT molecular complexity index is 633. The third-order valence-electron chi connectivity index (χ3n) is 3.81. The number of sulfonamides is 1. The van der Waals surface area contributed by atoms with Gasteiger partial charge in [-0.15, -0.1) is 0 Å². The van der Waals surface area contributed by atoms with Crippen molar-refractivity contribution in [3.05, 3.63) is 30.1 Å². The van der Waals surface area contributed by atoms with Gasteiger partial charge in [0.25, 0.3) is 0 Å². The Kier molecular flexibility index (Phi) is 6.09. The van der Waals surface area contributed by atoms with Crippen LogP contribution >= 0.6 is 0 Å². The SMILES string of the molecule is COCCNC(=O)[C@H]1CCCN(S(=O)(=O)c2ccc(F)cc2)C1. The summed E-state index contributed by atoms with van der Waals surface area (Å²) in [6.07, 6.45) is 1.26. The van der Waals surface area contributed by atoms with Crippen molar-refractivity contribution in [2.24, 2.45) is 5.92 Å². The smallest absolute Gasteiger partial charge is 0.243 e. The van der Waals surface area contributed by atoms with E-state index in [-0.39, 0.29) is 23.3 Å². The second-order valence-corrected chi connectivity index (χ2v) is 7.38. The molecule has 1 amide bonds. The summed E-state index contributed by atoms with van der Waals surface area (Å²) in [5, 5.41) is 2.74. The quantitative estimate of drug-likeness (QED) is 0.781. The van der Waals surface area contributed by atoms with Gasteiger partial charge in [-0.25, -0.2) is 12.8 Å². The standard InChI is InChI=1S/C15H21FN2O4S/c1-22-10-8-17-15(19)12-3-2-9-18(11-12)23(20,21)14-6-4-13(16)5-7-14/h4-7,12H,2-3,8-11H2,1H3,(H,17,19)/t12-/m0/s1. The lowest BCUT2D eigenvalue weighted by molar-refractivity contribution is -0.126. The second-order valence-electron chi connectivity index (χ2n) is 5.44. The number of hydrogen-bond acceptors (Lipinski definition) is 4. The van der Waals surface area contributed by atoms with Crippen molar-refractivity contribution in [1.82, 2.24) is 9.62 Å². The lowest BCUT2D eigenvalue weighted by Gasteiger charge is -2.31. The fourth-order valence-corrected chi connectivity index (χ4v) is 4.07. The largest absolute Gasteiger partial charge is 0.383 e. The van der Waals surface area contributed by atoms with Crippen LogP contribution in [-0.4, -0.2) is 52.0 Å². The molecule has 0 saturated carbocycles. The predicted octanol–water partition coefficient (Wildman–Crippen LogP) is 0.989. The Hall–Kier alpha value is -1.51. The summed E-state index contributed by atoms with van der Waals surface area (Å²) in [6, 6.07) is 4.72. The van der Waals surface area contributed by atoms with Gasteiger partial charge in [-0.2, -0.15) is 4.31 Å². The van der Waals surface area contributed by atoms with Crippen LogP contribution in [0.1, 0.15) is 12.8 Å². The van der Waals surface area contributed by atoms with E-state index in [9.17, 15) is 17.6 Å². The first kappa shape index (κ1) is 17.8. The summed E-state index contributed by atoms with van der Waals surface area (Å²) >= 11 is 0. The molecular formula is C15H21FN2O4S. The van der Waals surface area contributed by atoms with Gasteiger partial charge in [0, 0.05) is 26.7 Å². The van der Waals surface area contributed by atoms with Gasteiger partial charge < -0.3 is 10.1 Å². The first-order valence-corrected chi connectivity index (χ1v) is 8.91. The van der Waals surface area contributed by atoms with Crippen LogP contribution in [-0.2, 0) is 19.6 Å². The molecule has 2 rings (SSSR count). The molecule has 1 N–H and O–H groups in total. The monoisotopic (exact) mass is 344 g/mol. The molecular weight excluding hydrogens is 323 g/mol. The zero-order valence-corrected chi connectivity index (χ0v) is 13.8. The lowest BCUT2D eigenvalue weighted by atomic mass is 9.99. The number of amides is 1. The highest BCUT2D eigenvalue weighted by atomic mass is 32.2. The molecule has 128 valence electrons. The average molecular weight is 344 g/mol. The average Bonchev–Trinajstić information content (AvgIpc) is 2.55. The fourth-order valence-electron chi connectivity index (χ4n) is 2.55. The molecule has 1 atom stereocenters. The Morgan fingerprint density at radius 1 is 1.39 bits per heavy atom. The summed E-state index contributed by atoms with van der Waals surface area (Å²) in [5.74, 6) is -1.03. The van der Waals surface area contributed by atoms with E-state index in [1.54, 1.807) is 7.11 Å². The minimum Gasteiger partial charge on any atom is -0.383 e. The molecule has 1 aliphatic rings. The Morgan fingerprint density at radius 3 is 2.74 bits per heavy atom. The molecule has 0 aliphatic carbocycles. The number of halogens is 1. The third-order valence-corrected chi connectivity index (χ3v) is 5.69. The van der Waals surface area contributed by atoms with Gasteiger partial charge in [0.1, 0.15) is 5.82 Å². The van der Waals surface area contributed by atoms with Gasteiger partial charge in [0.2, 0.25) is 15.9 Å². The van der Waals surface area contributed by atoms with E-state index in [1.165, 1.54) is 16.4 Å². The molecule has 0 radical (unpaired) electrons. The van der Waals surface area contributed by atoms with Crippen LogP contribution in [0.2, 0.25) is 0 Å². The van der Waals surface area contributed by atoms with Crippen LogP contribution in [0.5, 0.6) is 0 Å². The van der Waals surface area contributed by atoms with Crippen molar-refractivity contribution < 1.29 is 22.3 Å². The molecule has 0 unspecified atom stereocenters. The summed E-state index contributed by atoms with van der Waals surface area (Å²) in [6.45, 7) is 1.31. The van der Waals surface area contributed by atoms with Gasteiger partial charge in [0.05, 0.1) is 17.4 Å². The van der Waals surface area contributed by atoms with Crippen LogP contribution in [0, 0.1) is 11.7 Å². The maximum atomic E-state index is 13.0. The molecule has 1 heterocycles. The summed E-state index contributed by atoms with van der Waals surface area (Å²) in [5.41, 5.74) is 0. The van der Waals surface area contributed by atoms with E-state index in [0.717, 1.165) is 12.1 Å². The van der Waals surface area contributed by atoms with Crippen molar-refractivity contribution in [3.63, 3.8) is 0 Å². The van der Waals surface area contributed by atoms with Crippen LogP contribution in [0.3, 0.4) is 0 Å². The van der Waals surface area contributed by atoms with E-state index in [0.29, 0.717) is 32.5 Å². The first-order chi connectivity index (χ1) is 10.9. The van der Waals surface area contributed by atoms with Crippen LogP contribution in [0.4, 0.5) is 4.39 Å². The van der Waals surface area contributed by atoms with Gasteiger partial charge >= 0.3 is 0 Å². The summed E-state index contributed by atoms with van der Waals surface area (Å²) in [7, 11) is -2.16. The van der Waals surface area contributed by atoms with Crippen molar-refractivity contribution in [2.75, 3.05) is 33.4 Å². The van der Waals surface area contributed by atoms with Gasteiger partial charge in [-0.1, -0.05) is 0 Å². The van der Waals surface area contributed by atoms with E-state index in [2.05, 4.69) is 5.32 Å². The molecule has 1 fully saturated rings. The van der Waals surface area contributed by atoms with E-state index in [4.69, 9.17) is 4.74 Å². The Morgan fingerprint density at radius 2 is 2.09 bits per heavy atom. The van der Waals surface area contributed by atoms with Gasteiger partial charge in [0.15, 0.2) is 0 Å². The molecule has 8 heteroatoms. The van der Waals surface area contributed by atoms with Crippen molar-refractivity contribution in [2.45, 2.75) is 17.7 Å². The highest BCUT2D eigenvalue weighted by Crippen LogP contribution is 2.24. The number of nitrogens with one attached hydrogen (secondary N) is 1. The van der Waals surface area contributed by atoms with Crippen LogP contribution in [0.25, 0.3) is 0 Å². The number of ether oxygens (including phenoxy) is 1. The van der Waals surface area contributed by atoms with Crippen LogP contribution in [0.15, 0.2) is 29.2 Å². The molecule has 23 heavy (non-hydrogen) atoms. The molecule has 0 aromatic heterocycles. The number of carbonyl (C=O) groups is 1.